The van der Waals surface area contributed by atoms with Gasteiger partial charge in [0.05, 0.1) is 0 Å². The van der Waals surface area contributed by atoms with E-state index in [-0.39, 0.29) is 31.9 Å². The van der Waals surface area contributed by atoms with E-state index in [0.717, 1.165) is 33.4 Å². The Morgan fingerprint density at radius 3 is 2.10 bits per heavy atom. The molecule has 6 aromatic rings. The molecule has 0 fully saturated rings. The van der Waals surface area contributed by atoms with Crippen LogP contribution in [-0.2, 0) is 31.9 Å². The molecular formula is C36H33N3OPt. The average molecular weight is 719 g/mol. The summed E-state index contributed by atoms with van der Waals surface area (Å²) in [6.45, 7) is 13.2. The van der Waals surface area contributed by atoms with Crippen LogP contribution in [0.1, 0.15) is 52.7 Å². The van der Waals surface area contributed by atoms with Gasteiger partial charge >= 0.3 is 21.1 Å². The van der Waals surface area contributed by atoms with Crippen molar-refractivity contribution < 1.29 is 25.8 Å². The van der Waals surface area contributed by atoms with Crippen molar-refractivity contribution in [1.29, 1.82) is 0 Å². The fourth-order valence-corrected chi connectivity index (χ4v) is 5.00. The summed E-state index contributed by atoms with van der Waals surface area (Å²) in [6, 6.07) is 34.1. The van der Waals surface area contributed by atoms with Crippen LogP contribution in [0.4, 0.5) is 0 Å². The van der Waals surface area contributed by atoms with Gasteiger partial charge in [-0.25, -0.2) is 21.1 Å². The first kappa shape index (κ1) is 28.8. The first-order valence-electron chi connectivity index (χ1n) is 13.7. The van der Waals surface area contributed by atoms with Crippen molar-refractivity contribution in [2.75, 3.05) is 0 Å². The van der Waals surface area contributed by atoms with Crippen LogP contribution in [0.2, 0.25) is 0 Å². The van der Waals surface area contributed by atoms with E-state index in [1.54, 1.807) is 6.20 Å². The maximum absolute atomic E-state index is 6.15. The molecule has 0 amide bonds. The summed E-state index contributed by atoms with van der Waals surface area (Å²) >= 11 is 0. The van der Waals surface area contributed by atoms with Crippen LogP contribution in [-0.4, -0.2) is 14.5 Å². The van der Waals surface area contributed by atoms with Gasteiger partial charge in [-0.3, -0.25) is 0 Å². The fraction of sp³-hybridized carbons (Fsp3) is 0.222. The summed E-state index contributed by atoms with van der Waals surface area (Å²) in [5.74, 6) is 2.06. The summed E-state index contributed by atoms with van der Waals surface area (Å²) in [5, 5.41) is 2.31. The van der Waals surface area contributed by atoms with E-state index in [0.29, 0.717) is 11.6 Å². The molecule has 208 valence electrons. The van der Waals surface area contributed by atoms with Crippen molar-refractivity contribution >= 4 is 21.8 Å². The molecule has 0 atom stereocenters. The van der Waals surface area contributed by atoms with Gasteiger partial charge in [0.2, 0.25) is 5.88 Å². The van der Waals surface area contributed by atoms with Crippen LogP contribution in [0.25, 0.3) is 38.8 Å². The Kier molecular flexibility index (Phi) is 7.65. The average Bonchev–Trinajstić information content (AvgIpc) is 3.26. The standard InChI is InChI=1S/C36H33N3O.Pt/c1-35(2,3)26-16-18-37-33(22-26)39-31-13-8-7-12-29(31)30-15-14-25(21-32(30)39)24-10-9-11-28(20-24)40-34-23-27(17-19-38-34)36(4,5)6;/h7-19,22-23H,1-6H3;/q-2;+2. The number of rotatable bonds is 4. The number of benzene rings is 3. The van der Waals surface area contributed by atoms with Crippen LogP contribution < -0.4 is 4.74 Å². The number of aromatic nitrogens is 3. The number of pyridine rings is 2. The van der Waals surface area contributed by atoms with Gasteiger partial charge in [-0.1, -0.05) is 65.1 Å². The number of ether oxygens (including phenoxy) is 1. The van der Waals surface area contributed by atoms with Gasteiger partial charge in [0, 0.05) is 29.7 Å². The van der Waals surface area contributed by atoms with Crippen molar-refractivity contribution in [3.05, 3.63) is 115 Å². The zero-order valence-electron chi connectivity index (χ0n) is 24.2. The molecule has 0 unspecified atom stereocenters. The first-order chi connectivity index (χ1) is 19.1. The Balaban J connectivity index is 0.00000337. The molecular weight excluding hydrogens is 685 g/mol. The zero-order valence-corrected chi connectivity index (χ0v) is 26.5. The minimum atomic E-state index is 0. The summed E-state index contributed by atoms with van der Waals surface area (Å²) in [7, 11) is 0. The molecule has 6 rings (SSSR count). The number of fused-ring (bicyclic) bond motifs is 3. The molecule has 0 aliphatic heterocycles. The topological polar surface area (TPSA) is 39.9 Å². The van der Waals surface area contributed by atoms with Gasteiger partial charge in [-0.15, -0.1) is 18.2 Å². The minimum absolute atomic E-state index is 0. The largest absolute Gasteiger partial charge is 2.00 e. The Hall–Kier alpha value is -3.75. The summed E-state index contributed by atoms with van der Waals surface area (Å²) in [4.78, 5) is 9.22. The minimum Gasteiger partial charge on any atom is -0.460 e. The third-order valence-electron chi connectivity index (χ3n) is 7.30. The Morgan fingerprint density at radius 2 is 1.34 bits per heavy atom. The fourth-order valence-electron chi connectivity index (χ4n) is 5.00. The molecule has 5 heteroatoms. The molecule has 0 N–H and O–H groups in total. The predicted molar refractivity (Wildman–Crippen MR) is 163 cm³/mol. The molecule has 4 nitrogen and oxygen atoms in total. The number of nitrogens with zero attached hydrogens (tertiary/aromatic N) is 3. The van der Waals surface area contributed by atoms with E-state index in [9.17, 15) is 0 Å². The zero-order chi connectivity index (χ0) is 28.1. The quantitative estimate of drug-likeness (QED) is 0.171. The van der Waals surface area contributed by atoms with Gasteiger partial charge in [0.15, 0.2) is 0 Å². The molecule has 0 spiro atoms. The van der Waals surface area contributed by atoms with Crippen LogP contribution in [0.15, 0.2) is 91.3 Å². The Labute approximate surface area is 256 Å². The van der Waals surface area contributed by atoms with E-state index in [1.165, 1.54) is 16.5 Å². The summed E-state index contributed by atoms with van der Waals surface area (Å²) in [6.07, 6.45) is 3.70. The van der Waals surface area contributed by atoms with Crippen molar-refractivity contribution in [1.82, 2.24) is 14.5 Å². The van der Waals surface area contributed by atoms with Crippen LogP contribution in [0.3, 0.4) is 0 Å². The van der Waals surface area contributed by atoms with E-state index < -0.39 is 0 Å². The normalized spacial score (nSPS) is 12.0. The molecule has 3 aromatic heterocycles. The molecule has 3 aromatic carbocycles. The summed E-state index contributed by atoms with van der Waals surface area (Å²) < 4.78 is 8.37. The Morgan fingerprint density at radius 1 is 0.659 bits per heavy atom. The smallest absolute Gasteiger partial charge is 0.460 e. The van der Waals surface area contributed by atoms with Gasteiger partial charge < -0.3 is 9.30 Å². The van der Waals surface area contributed by atoms with Crippen LogP contribution >= 0.6 is 0 Å². The van der Waals surface area contributed by atoms with Crippen LogP contribution in [0, 0.1) is 12.1 Å². The van der Waals surface area contributed by atoms with E-state index >= 15 is 0 Å². The third kappa shape index (κ3) is 5.72. The SMILES string of the molecule is CC(C)(C)c1ccnc(Oc2[c-]c(-c3[c-]c4c(cc3)c3ccccc3n4-c3cc(C(C)(C)C)ccn3)ccc2)c1.[Pt+2]. The second-order valence-corrected chi connectivity index (χ2v) is 12.3. The van der Waals surface area contributed by atoms with Crippen molar-refractivity contribution in [2.45, 2.75) is 52.4 Å². The number of hydrogen-bond acceptors (Lipinski definition) is 3. The van der Waals surface area contributed by atoms with Gasteiger partial charge in [-0.05, 0) is 57.1 Å². The second kappa shape index (κ2) is 10.9. The predicted octanol–water partition coefficient (Wildman–Crippen LogP) is 9.23. The van der Waals surface area contributed by atoms with Gasteiger partial charge in [-0.2, -0.15) is 24.3 Å². The number of hydrogen-bond donors (Lipinski definition) is 0. The van der Waals surface area contributed by atoms with Gasteiger partial charge in [0.1, 0.15) is 5.82 Å². The molecule has 0 radical (unpaired) electrons. The van der Waals surface area contributed by atoms with E-state index in [1.807, 2.05) is 36.5 Å². The molecule has 0 aliphatic carbocycles. The summed E-state index contributed by atoms with van der Waals surface area (Å²) in [5.41, 5.74) is 6.36. The Bertz CT molecular complexity index is 1860. The third-order valence-corrected chi connectivity index (χ3v) is 7.30. The molecule has 0 aliphatic rings. The first-order valence-corrected chi connectivity index (χ1v) is 13.7. The van der Waals surface area contributed by atoms with Crippen molar-refractivity contribution in [2.24, 2.45) is 0 Å². The van der Waals surface area contributed by atoms with E-state index in [4.69, 9.17) is 9.72 Å². The van der Waals surface area contributed by atoms with Crippen LogP contribution in [0.5, 0.6) is 11.6 Å². The molecule has 0 saturated heterocycles. The van der Waals surface area contributed by atoms with Crippen molar-refractivity contribution in [3.63, 3.8) is 0 Å². The monoisotopic (exact) mass is 718 g/mol. The molecule has 41 heavy (non-hydrogen) atoms. The number of para-hydroxylation sites is 1. The molecule has 3 heterocycles. The maximum atomic E-state index is 6.15. The van der Waals surface area contributed by atoms with Crippen molar-refractivity contribution in [3.8, 4) is 28.6 Å². The van der Waals surface area contributed by atoms with Gasteiger partial charge in [0.25, 0.3) is 0 Å². The van der Waals surface area contributed by atoms with E-state index in [2.05, 4.69) is 112 Å². The molecule has 0 bridgehead atoms. The molecule has 0 saturated carbocycles. The second-order valence-electron chi connectivity index (χ2n) is 12.3. The maximum Gasteiger partial charge on any atom is 2.00 e.